The second-order valence-corrected chi connectivity index (χ2v) is 6.66. The van der Waals surface area contributed by atoms with E-state index in [1.54, 1.807) is 0 Å². The topological polar surface area (TPSA) is 29.1 Å². The maximum atomic E-state index is 12.4. The summed E-state index contributed by atoms with van der Waals surface area (Å²) in [6.45, 7) is 6.72. The maximum Gasteiger partial charge on any atom is 0.251 e. The van der Waals surface area contributed by atoms with Gasteiger partial charge in [-0.25, -0.2) is 0 Å². The lowest BCUT2D eigenvalue weighted by Gasteiger charge is -2.34. The Morgan fingerprint density at radius 1 is 1.23 bits per heavy atom. The molecule has 0 heterocycles. The summed E-state index contributed by atoms with van der Waals surface area (Å²) in [7, 11) is 0. The quantitative estimate of drug-likeness (QED) is 0.809. The van der Waals surface area contributed by atoms with Crippen molar-refractivity contribution in [2.75, 3.05) is 0 Å². The summed E-state index contributed by atoms with van der Waals surface area (Å²) in [6.07, 6.45) is 10.2. The van der Waals surface area contributed by atoms with E-state index in [2.05, 4.69) is 38.2 Å². The van der Waals surface area contributed by atoms with Gasteiger partial charge in [-0.1, -0.05) is 64.3 Å². The zero-order valence-corrected chi connectivity index (χ0v) is 14.1. The molecule has 1 aromatic carbocycles. The van der Waals surface area contributed by atoms with Crippen LogP contribution in [0.3, 0.4) is 0 Å². The number of allylic oxidation sites excluding steroid dienone is 1. The van der Waals surface area contributed by atoms with Crippen molar-refractivity contribution in [1.82, 2.24) is 5.32 Å². The van der Waals surface area contributed by atoms with Crippen LogP contribution in [0.2, 0.25) is 0 Å². The van der Waals surface area contributed by atoms with Gasteiger partial charge in [-0.15, -0.1) is 0 Å². The third-order valence-corrected chi connectivity index (χ3v) is 4.96. The van der Waals surface area contributed by atoms with E-state index in [1.165, 1.54) is 12.8 Å². The minimum atomic E-state index is 0.0648. The second kappa shape index (κ2) is 8.17. The molecule has 120 valence electrons. The number of benzene rings is 1. The van der Waals surface area contributed by atoms with E-state index in [1.807, 2.05) is 24.3 Å². The van der Waals surface area contributed by atoms with Gasteiger partial charge < -0.3 is 5.32 Å². The first-order valence-corrected chi connectivity index (χ1v) is 8.69. The molecule has 3 unspecified atom stereocenters. The molecular weight excluding hydrogens is 270 g/mol. The Morgan fingerprint density at radius 2 is 1.95 bits per heavy atom. The predicted molar refractivity (Wildman–Crippen MR) is 93.8 cm³/mol. The third-order valence-electron chi connectivity index (χ3n) is 4.96. The summed E-state index contributed by atoms with van der Waals surface area (Å²) in [4.78, 5) is 12.4. The van der Waals surface area contributed by atoms with Crippen molar-refractivity contribution >= 4 is 12.0 Å². The molecule has 1 amide bonds. The molecule has 1 fully saturated rings. The predicted octanol–water partition coefficient (Wildman–Crippen LogP) is 5.05. The number of hydrogen-bond acceptors (Lipinski definition) is 1. The van der Waals surface area contributed by atoms with Crippen molar-refractivity contribution in [3.63, 3.8) is 0 Å². The molecule has 2 heteroatoms. The number of rotatable bonds is 5. The fraction of sp³-hybridized carbons (Fsp3) is 0.550. The average Bonchev–Trinajstić information content (AvgIpc) is 2.53. The lowest BCUT2D eigenvalue weighted by Crippen LogP contribution is -2.43. The Morgan fingerprint density at radius 3 is 2.64 bits per heavy atom. The largest absolute Gasteiger partial charge is 0.349 e. The van der Waals surface area contributed by atoms with Crippen molar-refractivity contribution in [2.24, 2.45) is 11.8 Å². The van der Waals surface area contributed by atoms with Crippen LogP contribution >= 0.6 is 0 Å². The molecule has 0 spiro atoms. The molecule has 0 saturated heterocycles. The van der Waals surface area contributed by atoms with Gasteiger partial charge in [0, 0.05) is 11.6 Å². The molecule has 3 atom stereocenters. The van der Waals surface area contributed by atoms with Crippen molar-refractivity contribution in [2.45, 2.75) is 58.9 Å². The first kappa shape index (κ1) is 16.8. The third kappa shape index (κ3) is 4.46. The average molecular weight is 299 g/mol. The van der Waals surface area contributed by atoms with E-state index < -0.39 is 0 Å². The molecule has 22 heavy (non-hydrogen) atoms. The van der Waals surface area contributed by atoms with E-state index in [-0.39, 0.29) is 5.91 Å². The number of unbranched alkanes of at least 4 members (excludes halogenated alkanes) is 1. The molecule has 1 aromatic rings. The Labute approximate surface area is 135 Å². The smallest absolute Gasteiger partial charge is 0.251 e. The van der Waals surface area contributed by atoms with Gasteiger partial charge in [0.2, 0.25) is 0 Å². The number of amides is 1. The van der Waals surface area contributed by atoms with Gasteiger partial charge in [-0.05, 0) is 42.4 Å². The molecular formula is C20H29NO. The summed E-state index contributed by atoms with van der Waals surface area (Å²) in [6, 6.07) is 8.22. The summed E-state index contributed by atoms with van der Waals surface area (Å²) < 4.78 is 0. The first-order valence-electron chi connectivity index (χ1n) is 8.69. The van der Waals surface area contributed by atoms with Gasteiger partial charge in [0.05, 0.1) is 0 Å². The number of hydrogen-bond donors (Lipinski definition) is 1. The molecule has 0 aliphatic heterocycles. The van der Waals surface area contributed by atoms with E-state index in [4.69, 9.17) is 0 Å². The van der Waals surface area contributed by atoms with Crippen LogP contribution in [-0.4, -0.2) is 11.9 Å². The molecule has 1 saturated carbocycles. The zero-order chi connectivity index (χ0) is 15.9. The second-order valence-electron chi connectivity index (χ2n) is 6.66. The molecule has 2 rings (SSSR count). The Hall–Kier alpha value is -1.57. The highest BCUT2D eigenvalue weighted by Crippen LogP contribution is 2.29. The first-order chi connectivity index (χ1) is 10.6. The number of carbonyl (C=O) groups excluding carboxylic acids is 1. The maximum absolute atomic E-state index is 12.4. The fourth-order valence-electron chi connectivity index (χ4n) is 3.17. The van der Waals surface area contributed by atoms with E-state index in [9.17, 15) is 4.79 Å². The summed E-state index contributed by atoms with van der Waals surface area (Å²) in [5, 5.41) is 3.23. The molecule has 0 bridgehead atoms. The highest BCUT2D eigenvalue weighted by Gasteiger charge is 2.28. The Bertz CT molecular complexity index is 503. The van der Waals surface area contributed by atoms with Crippen LogP contribution in [0.1, 0.15) is 68.8 Å². The molecule has 1 aliphatic carbocycles. The van der Waals surface area contributed by atoms with Crippen LogP contribution in [0.5, 0.6) is 0 Å². The molecule has 0 radical (unpaired) electrons. The zero-order valence-electron chi connectivity index (χ0n) is 14.1. The van der Waals surface area contributed by atoms with Gasteiger partial charge in [0.15, 0.2) is 0 Å². The number of carbonyl (C=O) groups is 1. The normalized spacial score (nSPS) is 25.3. The van der Waals surface area contributed by atoms with Crippen LogP contribution < -0.4 is 5.32 Å². The van der Waals surface area contributed by atoms with Crippen LogP contribution in [0.4, 0.5) is 0 Å². The highest BCUT2D eigenvalue weighted by atomic mass is 16.1. The number of nitrogens with one attached hydrogen (secondary N) is 1. The van der Waals surface area contributed by atoms with Crippen LogP contribution in [0, 0.1) is 11.8 Å². The monoisotopic (exact) mass is 299 g/mol. The summed E-state index contributed by atoms with van der Waals surface area (Å²) >= 11 is 0. The van der Waals surface area contributed by atoms with Crippen LogP contribution in [0.15, 0.2) is 30.3 Å². The minimum Gasteiger partial charge on any atom is -0.349 e. The van der Waals surface area contributed by atoms with Gasteiger partial charge in [0.25, 0.3) is 5.91 Å². The summed E-state index contributed by atoms with van der Waals surface area (Å²) in [5.41, 5.74) is 1.92. The van der Waals surface area contributed by atoms with E-state index in [0.717, 1.165) is 30.4 Å². The lowest BCUT2D eigenvalue weighted by molar-refractivity contribution is 0.0891. The Kier molecular flexibility index (Phi) is 6.23. The van der Waals surface area contributed by atoms with Gasteiger partial charge in [-0.3, -0.25) is 4.79 Å². The van der Waals surface area contributed by atoms with Crippen molar-refractivity contribution < 1.29 is 4.79 Å². The lowest BCUT2D eigenvalue weighted by atomic mass is 9.78. The SMILES string of the molecule is CCCC=Cc1ccc(C(=O)NC2CCCC(C)C2C)cc1. The van der Waals surface area contributed by atoms with Gasteiger partial charge >= 0.3 is 0 Å². The van der Waals surface area contributed by atoms with Gasteiger partial charge in [0.1, 0.15) is 0 Å². The standard InChI is InChI=1S/C20H29NO/c1-4-5-6-9-17-11-13-18(14-12-17)20(22)21-19-10-7-8-15(2)16(19)3/h6,9,11-16,19H,4-5,7-8,10H2,1-3H3,(H,21,22). The highest BCUT2D eigenvalue weighted by molar-refractivity contribution is 5.94. The van der Waals surface area contributed by atoms with Crippen molar-refractivity contribution in [3.8, 4) is 0 Å². The Balaban J connectivity index is 1.95. The molecule has 1 N–H and O–H groups in total. The minimum absolute atomic E-state index is 0.0648. The van der Waals surface area contributed by atoms with Crippen LogP contribution in [0.25, 0.3) is 6.08 Å². The van der Waals surface area contributed by atoms with Crippen molar-refractivity contribution in [1.29, 1.82) is 0 Å². The summed E-state index contributed by atoms with van der Waals surface area (Å²) in [5.74, 6) is 1.33. The molecule has 0 aromatic heterocycles. The van der Waals surface area contributed by atoms with Crippen LogP contribution in [-0.2, 0) is 0 Å². The van der Waals surface area contributed by atoms with E-state index in [0.29, 0.717) is 17.9 Å². The fourth-order valence-corrected chi connectivity index (χ4v) is 3.17. The molecule has 2 nitrogen and oxygen atoms in total. The van der Waals surface area contributed by atoms with Crippen molar-refractivity contribution in [3.05, 3.63) is 41.5 Å². The van der Waals surface area contributed by atoms with Gasteiger partial charge in [-0.2, -0.15) is 0 Å². The molecule has 1 aliphatic rings. The van der Waals surface area contributed by atoms with E-state index >= 15 is 0 Å².